The largest absolute Gasteiger partial charge is 0.456 e. The number of hydrogen-bond acceptors (Lipinski definition) is 6. The fourth-order valence-corrected chi connectivity index (χ4v) is 3.74. The van der Waals surface area contributed by atoms with E-state index in [1.54, 1.807) is 49.9 Å². The molecule has 8 nitrogen and oxygen atoms in total. The third-order valence-electron chi connectivity index (χ3n) is 5.61. The summed E-state index contributed by atoms with van der Waals surface area (Å²) in [6.07, 6.45) is 1.46. The first-order valence-corrected chi connectivity index (χ1v) is 11.5. The number of nitrogens with one attached hydrogen (secondary N) is 1. The third kappa shape index (κ3) is 6.88. The lowest BCUT2D eigenvalue weighted by Crippen LogP contribution is -2.39. The van der Waals surface area contributed by atoms with E-state index in [0.29, 0.717) is 30.6 Å². The summed E-state index contributed by atoms with van der Waals surface area (Å²) in [6.45, 7) is 6.02. The van der Waals surface area contributed by atoms with Crippen LogP contribution in [0.15, 0.2) is 48.5 Å². The summed E-state index contributed by atoms with van der Waals surface area (Å²) in [4.78, 5) is 38.7. The van der Waals surface area contributed by atoms with Crippen molar-refractivity contribution in [2.24, 2.45) is 11.7 Å². The van der Waals surface area contributed by atoms with Gasteiger partial charge in [0.05, 0.1) is 11.6 Å². The van der Waals surface area contributed by atoms with Crippen LogP contribution in [-0.4, -0.2) is 47.7 Å². The van der Waals surface area contributed by atoms with E-state index in [0.717, 1.165) is 17.7 Å². The van der Waals surface area contributed by atoms with Crippen molar-refractivity contribution in [3.63, 3.8) is 0 Å². The van der Waals surface area contributed by atoms with E-state index in [1.807, 2.05) is 24.3 Å². The average molecular weight is 468 g/mol. The Morgan fingerprint density at radius 2 is 1.79 bits per heavy atom. The molecule has 0 spiro atoms. The summed E-state index contributed by atoms with van der Waals surface area (Å²) in [5.41, 5.74) is 8.13. The highest BCUT2D eigenvalue weighted by atomic mass is 16.6. The first kappa shape index (κ1) is 25.4. The predicted octanol–water partition coefficient (Wildman–Crippen LogP) is 2.89. The molecule has 1 unspecified atom stereocenters. The number of piperidine rings is 1. The van der Waals surface area contributed by atoms with Gasteiger partial charge in [-0.1, -0.05) is 12.1 Å². The fourth-order valence-electron chi connectivity index (χ4n) is 3.74. The van der Waals surface area contributed by atoms with Crippen LogP contribution in [0.4, 0.5) is 11.4 Å². The maximum atomic E-state index is 12.5. The Bertz CT molecular complexity index is 1010. The number of nitrogens with zero attached hydrogens (tertiary/aromatic N) is 1. The molecule has 2 aromatic rings. The fraction of sp³-hybridized carbons (Fsp3) is 0.423. The van der Waals surface area contributed by atoms with Crippen LogP contribution < -0.4 is 16.0 Å². The van der Waals surface area contributed by atoms with E-state index in [1.165, 1.54) is 0 Å². The molecule has 1 aliphatic heterocycles. The van der Waals surface area contributed by atoms with Crippen LogP contribution in [0.2, 0.25) is 0 Å². The van der Waals surface area contributed by atoms with Crippen molar-refractivity contribution >= 4 is 29.2 Å². The predicted molar refractivity (Wildman–Crippen MR) is 131 cm³/mol. The second-order valence-corrected chi connectivity index (χ2v) is 9.63. The maximum absolute atomic E-state index is 12.5. The van der Waals surface area contributed by atoms with Crippen LogP contribution in [0, 0.1) is 5.92 Å². The van der Waals surface area contributed by atoms with Gasteiger partial charge in [-0.2, -0.15) is 0 Å². The molecule has 0 saturated carbocycles. The summed E-state index contributed by atoms with van der Waals surface area (Å²) < 4.78 is 5.33. The molecular formula is C26H33N3O5. The van der Waals surface area contributed by atoms with E-state index in [9.17, 15) is 19.5 Å². The lowest BCUT2D eigenvalue weighted by molar-refractivity contribution is -0.121. The number of aliphatic hydroxyl groups excluding tert-OH is 1. The van der Waals surface area contributed by atoms with Crippen LogP contribution in [-0.2, 0) is 20.7 Å². The highest BCUT2D eigenvalue weighted by Crippen LogP contribution is 2.24. The van der Waals surface area contributed by atoms with Gasteiger partial charge in [0.1, 0.15) is 5.60 Å². The summed E-state index contributed by atoms with van der Waals surface area (Å²) >= 11 is 0. The molecule has 1 saturated heterocycles. The van der Waals surface area contributed by atoms with Gasteiger partial charge in [0.15, 0.2) is 0 Å². The molecule has 0 aliphatic carbocycles. The number of carbonyl (C=O) groups is 3. The van der Waals surface area contributed by atoms with Crippen molar-refractivity contribution < 1.29 is 24.2 Å². The van der Waals surface area contributed by atoms with Crippen LogP contribution in [0.3, 0.4) is 0 Å². The number of anilines is 2. The van der Waals surface area contributed by atoms with Gasteiger partial charge in [-0.15, -0.1) is 0 Å². The molecule has 8 heteroatoms. The Morgan fingerprint density at radius 3 is 2.35 bits per heavy atom. The molecule has 34 heavy (non-hydrogen) atoms. The molecule has 2 aromatic carbocycles. The number of carbonyl (C=O) groups excluding carboxylic acids is 3. The molecule has 0 bridgehead atoms. The monoisotopic (exact) mass is 467 g/mol. The third-order valence-corrected chi connectivity index (χ3v) is 5.61. The van der Waals surface area contributed by atoms with Crippen LogP contribution >= 0.6 is 0 Å². The number of hydrogen-bond donors (Lipinski definition) is 3. The molecule has 0 aromatic heterocycles. The quantitative estimate of drug-likeness (QED) is 0.538. The van der Waals surface area contributed by atoms with Crippen molar-refractivity contribution in [3.05, 3.63) is 59.7 Å². The zero-order chi connectivity index (χ0) is 24.9. The van der Waals surface area contributed by atoms with E-state index in [4.69, 9.17) is 10.5 Å². The molecule has 0 radical (unpaired) electrons. The SMILES string of the molecule is CC(C)(C)OC(=O)c1ccc(NC(=O)[C@@H](N)Cc2ccc(N3CCC(CO)CC3=O)cc2)cc1. The molecule has 1 fully saturated rings. The second-order valence-electron chi connectivity index (χ2n) is 9.63. The zero-order valence-electron chi connectivity index (χ0n) is 19.9. The minimum Gasteiger partial charge on any atom is -0.456 e. The van der Waals surface area contributed by atoms with Crippen LogP contribution in [0.25, 0.3) is 0 Å². The van der Waals surface area contributed by atoms with Gasteiger partial charge in [-0.25, -0.2) is 4.79 Å². The van der Waals surface area contributed by atoms with Gasteiger partial charge in [-0.05, 0) is 81.5 Å². The van der Waals surface area contributed by atoms with Gasteiger partial charge in [0, 0.05) is 30.9 Å². The highest BCUT2D eigenvalue weighted by molar-refractivity contribution is 5.96. The van der Waals surface area contributed by atoms with Gasteiger partial charge in [-0.3, -0.25) is 9.59 Å². The number of aliphatic hydroxyl groups is 1. The molecule has 2 atom stereocenters. The molecule has 1 aliphatic rings. The first-order chi connectivity index (χ1) is 16.1. The molecule has 3 rings (SSSR count). The highest BCUT2D eigenvalue weighted by Gasteiger charge is 2.26. The summed E-state index contributed by atoms with van der Waals surface area (Å²) in [7, 11) is 0. The number of esters is 1. The summed E-state index contributed by atoms with van der Waals surface area (Å²) in [6, 6.07) is 13.1. The van der Waals surface area contributed by atoms with Crippen molar-refractivity contribution in [3.8, 4) is 0 Å². The lowest BCUT2D eigenvalue weighted by atomic mass is 9.96. The van der Waals surface area contributed by atoms with Crippen molar-refractivity contribution in [2.45, 2.75) is 51.7 Å². The summed E-state index contributed by atoms with van der Waals surface area (Å²) in [5.74, 6) is -0.722. The molecular weight excluding hydrogens is 434 g/mol. The molecule has 2 amide bonds. The topological polar surface area (TPSA) is 122 Å². The summed E-state index contributed by atoms with van der Waals surface area (Å²) in [5, 5.41) is 12.0. The standard InChI is InChI=1S/C26H33N3O5/c1-26(2,3)34-25(33)19-6-8-20(9-7-19)28-24(32)22(27)14-17-4-10-21(11-5-17)29-13-12-18(16-30)15-23(29)31/h4-11,18,22,30H,12-16,27H2,1-3H3,(H,28,32)/t18?,22-/m0/s1. The van der Waals surface area contributed by atoms with E-state index < -0.39 is 17.6 Å². The van der Waals surface area contributed by atoms with Crippen molar-refractivity contribution in [1.82, 2.24) is 0 Å². The second kappa shape index (κ2) is 10.8. The zero-order valence-corrected chi connectivity index (χ0v) is 19.9. The molecule has 182 valence electrons. The minimum absolute atomic E-state index is 0.00631. The maximum Gasteiger partial charge on any atom is 0.338 e. The number of benzene rings is 2. The van der Waals surface area contributed by atoms with E-state index in [-0.39, 0.29) is 24.3 Å². The minimum atomic E-state index is -0.765. The van der Waals surface area contributed by atoms with Crippen molar-refractivity contribution in [2.75, 3.05) is 23.4 Å². The Kier molecular flexibility index (Phi) is 8.06. The molecule has 1 heterocycles. The Morgan fingerprint density at radius 1 is 1.15 bits per heavy atom. The van der Waals surface area contributed by atoms with Gasteiger partial charge in [0.25, 0.3) is 0 Å². The number of rotatable bonds is 7. The Balaban J connectivity index is 1.53. The van der Waals surface area contributed by atoms with Crippen molar-refractivity contribution in [1.29, 1.82) is 0 Å². The number of ether oxygens (including phenoxy) is 1. The number of nitrogens with two attached hydrogens (primary N) is 1. The molecule has 4 N–H and O–H groups in total. The van der Waals surface area contributed by atoms with Crippen LogP contribution in [0.1, 0.15) is 49.5 Å². The lowest BCUT2D eigenvalue weighted by Gasteiger charge is -2.31. The smallest absolute Gasteiger partial charge is 0.338 e. The first-order valence-electron chi connectivity index (χ1n) is 11.5. The van der Waals surface area contributed by atoms with E-state index in [2.05, 4.69) is 5.32 Å². The normalized spacial score (nSPS) is 17.3. The van der Waals surface area contributed by atoms with Crippen LogP contribution in [0.5, 0.6) is 0 Å². The average Bonchev–Trinajstić information content (AvgIpc) is 2.79. The van der Waals surface area contributed by atoms with Gasteiger partial charge < -0.3 is 25.8 Å². The Labute approximate surface area is 200 Å². The Hall–Kier alpha value is -3.23. The van der Waals surface area contributed by atoms with E-state index >= 15 is 0 Å². The van der Waals surface area contributed by atoms with Gasteiger partial charge in [0.2, 0.25) is 11.8 Å². The van der Waals surface area contributed by atoms with Gasteiger partial charge >= 0.3 is 5.97 Å². The number of amides is 2.